The fraction of sp³-hybridized carbons (Fsp3) is 0.167. The predicted molar refractivity (Wildman–Crippen MR) is 131 cm³/mol. The van der Waals surface area contributed by atoms with E-state index in [9.17, 15) is 14.4 Å². The summed E-state index contributed by atoms with van der Waals surface area (Å²) in [6.45, 7) is 7.54. The van der Waals surface area contributed by atoms with Crippen molar-refractivity contribution in [3.05, 3.63) is 80.5 Å². The zero-order valence-electron chi connectivity index (χ0n) is 18.4. The lowest BCUT2D eigenvalue weighted by atomic mass is 10.1. The van der Waals surface area contributed by atoms with Crippen LogP contribution in [0, 0.1) is 27.7 Å². The first-order valence-electron chi connectivity index (χ1n) is 10.1. The van der Waals surface area contributed by atoms with E-state index in [1.54, 1.807) is 30.3 Å². The molecule has 0 saturated heterocycles. The van der Waals surface area contributed by atoms with Crippen LogP contribution in [0.1, 0.15) is 32.1 Å². The predicted octanol–water partition coefficient (Wildman–Crippen LogP) is 5.06. The van der Waals surface area contributed by atoms with Crippen LogP contribution in [0.15, 0.2) is 53.2 Å². The number of amides is 3. The molecule has 1 aromatic heterocycles. The average Bonchev–Trinajstić information content (AvgIpc) is 3.20. The first kappa shape index (κ1) is 22.7. The Kier molecular flexibility index (Phi) is 6.05. The lowest BCUT2D eigenvalue weighted by Crippen LogP contribution is -2.32. The van der Waals surface area contributed by atoms with Gasteiger partial charge in [-0.25, -0.2) is 9.88 Å². The molecule has 2 N–H and O–H groups in total. The second-order valence-corrected chi connectivity index (χ2v) is 9.32. The fourth-order valence-corrected chi connectivity index (χ4v) is 4.36. The first-order valence-corrected chi connectivity index (χ1v) is 11.3. The highest BCUT2D eigenvalue weighted by Gasteiger charge is 2.39. The van der Waals surface area contributed by atoms with Gasteiger partial charge < -0.3 is 5.32 Å². The van der Waals surface area contributed by atoms with E-state index in [1.807, 2.05) is 39.8 Å². The number of hydrogen-bond acceptors (Lipinski definition) is 6. The molecule has 0 bridgehead atoms. The maximum Gasteiger partial charge on any atom is 0.283 e. The summed E-state index contributed by atoms with van der Waals surface area (Å²) in [6.07, 6.45) is 0. The minimum Gasteiger partial charge on any atom is -0.350 e. The zero-order valence-corrected chi connectivity index (χ0v) is 20.0. The zero-order chi connectivity index (χ0) is 23.9. The van der Waals surface area contributed by atoms with Crippen molar-refractivity contribution in [2.45, 2.75) is 27.7 Å². The number of carbonyl (C=O) groups excluding carboxylic acids is 3. The van der Waals surface area contributed by atoms with Gasteiger partial charge in [0.25, 0.3) is 17.7 Å². The van der Waals surface area contributed by atoms with Crippen molar-refractivity contribution in [3.63, 3.8) is 0 Å². The highest BCUT2D eigenvalue weighted by molar-refractivity contribution is 7.15. The summed E-state index contributed by atoms with van der Waals surface area (Å²) in [7, 11) is 0. The number of aryl methyl sites for hydroxylation is 4. The number of rotatable bonds is 5. The standard InChI is InChI=1S/C24H21ClN4O3S/c1-12-5-6-13(2)18(11-12)29-22(31)19(25)20(23(29)32)27-17-9-7-16(8-10-17)21(30)28-24-26-14(3)15(4)33-24/h5-11,27H,1-4H3,(H,26,28,30). The fourth-order valence-electron chi connectivity index (χ4n) is 3.34. The SMILES string of the molecule is Cc1ccc(C)c(N2C(=O)C(Cl)=C(Nc3ccc(C(=O)Nc4nc(C)c(C)s4)cc3)C2=O)c1. The molecule has 0 radical (unpaired) electrons. The van der Waals surface area contributed by atoms with E-state index in [-0.39, 0.29) is 16.6 Å². The smallest absolute Gasteiger partial charge is 0.283 e. The van der Waals surface area contributed by atoms with Gasteiger partial charge in [-0.15, -0.1) is 11.3 Å². The molecule has 3 amide bonds. The van der Waals surface area contributed by atoms with Crippen LogP contribution >= 0.6 is 22.9 Å². The lowest BCUT2D eigenvalue weighted by molar-refractivity contribution is -0.120. The van der Waals surface area contributed by atoms with E-state index in [2.05, 4.69) is 15.6 Å². The Bertz CT molecular complexity index is 1310. The lowest BCUT2D eigenvalue weighted by Gasteiger charge is -2.18. The molecule has 9 heteroatoms. The van der Waals surface area contributed by atoms with Gasteiger partial charge >= 0.3 is 0 Å². The molecule has 33 heavy (non-hydrogen) atoms. The number of thiazole rings is 1. The van der Waals surface area contributed by atoms with Crippen LogP contribution in [-0.2, 0) is 9.59 Å². The van der Waals surface area contributed by atoms with Gasteiger partial charge in [-0.3, -0.25) is 19.7 Å². The van der Waals surface area contributed by atoms with Gasteiger partial charge in [0, 0.05) is 16.1 Å². The second kappa shape index (κ2) is 8.80. The quantitative estimate of drug-likeness (QED) is 0.498. The molecule has 0 aliphatic carbocycles. The van der Waals surface area contributed by atoms with Crippen molar-refractivity contribution in [3.8, 4) is 0 Å². The van der Waals surface area contributed by atoms with Crippen LogP contribution in [0.4, 0.5) is 16.5 Å². The molecular weight excluding hydrogens is 460 g/mol. The minimum atomic E-state index is -0.581. The molecule has 1 aliphatic rings. The minimum absolute atomic E-state index is 0.00601. The summed E-state index contributed by atoms with van der Waals surface area (Å²) >= 11 is 7.64. The number of hydrogen-bond donors (Lipinski definition) is 2. The van der Waals surface area contributed by atoms with Gasteiger partial charge in [0.05, 0.1) is 11.4 Å². The highest BCUT2D eigenvalue weighted by atomic mass is 35.5. The summed E-state index contributed by atoms with van der Waals surface area (Å²) < 4.78 is 0. The molecule has 168 valence electrons. The average molecular weight is 481 g/mol. The normalized spacial score (nSPS) is 13.7. The van der Waals surface area contributed by atoms with E-state index in [4.69, 9.17) is 11.6 Å². The Balaban J connectivity index is 1.50. The van der Waals surface area contributed by atoms with Crippen LogP contribution in [0.2, 0.25) is 0 Å². The molecule has 7 nitrogen and oxygen atoms in total. The van der Waals surface area contributed by atoms with Crippen LogP contribution in [0.25, 0.3) is 0 Å². The van der Waals surface area contributed by atoms with E-state index < -0.39 is 11.8 Å². The molecule has 0 atom stereocenters. The largest absolute Gasteiger partial charge is 0.350 e. The molecule has 4 rings (SSSR count). The molecule has 2 aromatic carbocycles. The van der Waals surface area contributed by atoms with E-state index in [0.29, 0.717) is 22.1 Å². The molecule has 3 aromatic rings. The molecule has 1 aliphatic heterocycles. The molecule has 0 unspecified atom stereocenters. The van der Waals surface area contributed by atoms with Gasteiger partial charge in [-0.05, 0) is 69.2 Å². The van der Waals surface area contributed by atoms with Crippen LogP contribution < -0.4 is 15.5 Å². The third kappa shape index (κ3) is 4.40. The number of aromatic nitrogens is 1. The number of anilines is 3. The molecule has 0 spiro atoms. The highest BCUT2D eigenvalue weighted by Crippen LogP contribution is 2.32. The van der Waals surface area contributed by atoms with Gasteiger partial charge in [0.15, 0.2) is 5.13 Å². The maximum atomic E-state index is 13.0. The Labute approximate surface area is 200 Å². The van der Waals surface area contributed by atoms with Crippen molar-refractivity contribution >= 4 is 57.2 Å². The van der Waals surface area contributed by atoms with Crippen molar-refractivity contribution in [1.82, 2.24) is 4.98 Å². The second-order valence-electron chi connectivity index (χ2n) is 7.74. The summed E-state index contributed by atoms with van der Waals surface area (Å²) in [4.78, 5) is 44.7. The summed E-state index contributed by atoms with van der Waals surface area (Å²) in [5.74, 6) is -1.40. The number of benzene rings is 2. The van der Waals surface area contributed by atoms with Crippen molar-refractivity contribution in [1.29, 1.82) is 0 Å². The summed E-state index contributed by atoms with van der Waals surface area (Å²) in [6, 6.07) is 12.0. The van der Waals surface area contributed by atoms with Crippen molar-refractivity contribution in [2.75, 3.05) is 15.5 Å². The topological polar surface area (TPSA) is 91.4 Å². The first-order chi connectivity index (χ1) is 15.7. The van der Waals surface area contributed by atoms with Gasteiger partial charge in [-0.2, -0.15) is 0 Å². The van der Waals surface area contributed by atoms with E-state index >= 15 is 0 Å². The van der Waals surface area contributed by atoms with Crippen molar-refractivity contribution in [2.24, 2.45) is 0 Å². The Morgan fingerprint density at radius 3 is 2.33 bits per heavy atom. The molecule has 0 fully saturated rings. The number of halogens is 1. The summed E-state index contributed by atoms with van der Waals surface area (Å²) in [5.41, 5.74) is 4.03. The number of imide groups is 1. The van der Waals surface area contributed by atoms with E-state index in [1.165, 1.54) is 11.3 Å². The number of nitrogens with zero attached hydrogens (tertiary/aromatic N) is 2. The van der Waals surface area contributed by atoms with Gasteiger partial charge in [-0.1, -0.05) is 23.7 Å². The third-order valence-corrected chi connectivity index (χ3v) is 6.64. The van der Waals surface area contributed by atoms with Gasteiger partial charge in [0.2, 0.25) is 0 Å². The van der Waals surface area contributed by atoms with Crippen molar-refractivity contribution < 1.29 is 14.4 Å². The van der Waals surface area contributed by atoms with Crippen LogP contribution in [0.5, 0.6) is 0 Å². The monoisotopic (exact) mass is 480 g/mol. The molecular formula is C24H21ClN4O3S. The Morgan fingerprint density at radius 1 is 1.00 bits per heavy atom. The number of nitrogens with one attached hydrogen (secondary N) is 2. The van der Waals surface area contributed by atoms with Crippen LogP contribution in [-0.4, -0.2) is 22.7 Å². The summed E-state index contributed by atoms with van der Waals surface area (Å²) in [5, 5.41) is 6.06. The van der Waals surface area contributed by atoms with E-state index in [0.717, 1.165) is 26.6 Å². The maximum absolute atomic E-state index is 13.0. The Hall–Kier alpha value is -3.49. The number of carbonyl (C=O) groups is 3. The Morgan fingerprint density at radius 2 is 1.70 bits per heavy atom. The molecule has 2 heterocycles. The van der Waals surface area contributed by atoms with Gasteiger partial charge in [0.1, 0.15) is 10.7 Å². The third-order valence-electron chi connectivity index (χ3n) is 5.30. The molecule has 0 saturated carbocycles. The van der Waals surface area contributed by atoms with Crippen LogP contribution in [0.3, 0.4) is 0 Å².